The number of amides is 1. The van der Waals surface area contributed by atoms with Gasteiger partial charge >= 0.3 is 6.09 Å². The molecule has 0 unspecified atom stereocenters. The number of nitrogens with one attached hydrogen (secondary N) is 1. The highest BCUT2D eigenvalue weighted by Gasteiger charge is 2.38. The Kier molecular flexibility index (Phi) is 7.37. The smallest absolute Gasteiger partial charge is 0.408 e. The Morgan fingerprint density at radius 2 is 2.42 bits per heavy atom. The molecule has 1 aliphatic rings. The molecule has 0 aromatic carbocycles. The summed E-state index contributed by atoms with van der Waals surface area (Å²) in [6, 6.07) is 0.569. The van der Waals surface area contributed by atoms with Gasteiger partial charge in [0.05, 0.1) is 38.0 Å². The van der Waals surface area contributed by atoms with Gasteiger partial charge in [-0.3, -0.25) is 4.90 Å². The molecule has 144 valence electrons. The Balaban J connectivity index is 2.29. The molecule has 1 aromatic rings. The van der Waals surface area contributed by atoms with Gasteiger partial charge in [0.1, 0.15) is 21.3 Å². The average molecular weight is 447 g/mol. The van der Waals surface area contributed by atoms with Crippen LogP contribution in [0.4, 0.5) is 4.79 Å². The summed E-state index contributed by atoms with van der Waals surface area (Å²) in [6.07, 6.45) is -0.626. The zero-order valence-electron chi connectivity index (χ0n) is 14.9. The van der Waals surface area contributed by atoms with E-state index in [1.54, 1.807) is 20.8 Å². The fourth-order valence-corrected chi connectivity index (χ4v) is 4.14. The minimum atomic E-state index is -0.683. The van der Waals surface area contributed by atoms with E-state index in [1.165, 1.54) is 11.3 Å². The van der Waals surface area contributed by atoms with E-state index in [1.807, 2.05) is 10.3 Å². The first-order chi connectivity index (χ1) is 12.2. The number of halogens is 1. The Morgan fingerprint density at radius 1 is 1.69 bits per heavy atom. The predicted octanol–water partition coefficient (Wildman–Crippen LogP) is 2.06. The molecule has 0 bridgehead atoms. The van der Waals surface area contributed by atoms with Gasteiger partial charge in [0.15, 0.2) is 0 Å². The molecule has 2 rings (SSSR count). The molecular formula is C16H23BrN4O4S. The summed E-state index contributed by atoms with van der Waals surface area (Å²) in [6.45, 7) is 6.20. The van der Waals surface area contributed by atoms with E-state index in [4.69, 9.17) is 9.47 Å². The number of rotatable bonds is 5. The van der Waals surface area contributed by atoms with E-state index in [0.717, 1.165) is 0 Å². The number of alkyl carbamates (subject to hydrolysis) is 1. The van der Waals surface area contributed by atoms with Crippen molar-refractivity contribution in [2.24, 2.45) is 0 Å². The number of nitriles is 1. The molecule has 2 heterocycles. The van der Waals surface area contributed by atoms with Gasteiger partial charge in [-0.05, 0) is 36.7 Å². The van der Waals surface area contributed by atoms with Crippen molar-refractivity contribution in [1.82, 2.24) is 15.2 Å². The Bertz CT molecular complexity index is 657. The maximum absolute atomic E-state index is 12.2. The predicted molar refractivity (Wildman–Crippen MR) is 99.7 cm³/mol. The highest BCUT2D eigenvalue weighted by Crippen LogP contribution is 2.31. The topological polar surface area (TPSA) is 108 Å². The average Bonchev–Trinajstić information content (AvgIpc) is 2.99. The number of morpholine rings is 1. The number of aliphatic hydroxyl groups is 1. The van der Waals surface area contributed by atoms with Gasteiger partial charge in [-0.25, -0.2) is 9.78 Å². The van der Waals surface area contributed by atoms with Crippen LogP contribution < -0.4 is 5.32 Å². The SMILES string of the molecule is CC(C)(C)OC(=O)N[C@H](CO)[C@@H](c1nc(Br)cs1)N1CCOC[C@@H]1C#N. The second kappa shape index (κ2) is 9.10. The van der Waals surface area contributed by atoms with Crippen molar-refractivity contribution in [3.63, 3.8) is 0 Å². The number of carbonyl (C=O) groups is 1. The molecule has 0 radical (unpaired) electrons. The lowest BCUT2D eigenvalue weighted by atomic mass is 10.0. The van der Waals surface area contributed by atoms with Crippen molar-refractivity contribution >= 4 is 33.4 Å². The van der Waals surface area contributed by atoms with Crippen molar-refractivity contribution < 1.29 is 19.4 Å². The Morgan fingerprint density at radius 3 is 2.96 bits per heavy atom. The summed E-state index contributed by atoms with van der Waals surface area (Å²) in [7, 11) is 0. The van der Waals surface area contributed by atoms with Gasteiger partial charge in [-0.2, -0.15) is 5.26 Å². The van der Waals surface area contributed by atoms with Crippen LogP contribution >= 0.6 is 27.3 Å². The quantitative estimate of drug-likeness (QED) is 0.712. The first kappa shape index (κ1) is 21.1. The molecule has 1 saturated heterocycles. The van der Waals surface area contributed by atoms with Gasteiger partial charge in [-0.1, -0.05) is 0 Å². The molecule has 0 spiro atoms. The van der Waals surface area contributed by atoms with E-state index < -0.39 is 29.8 Å². The van der Waals surface area contributed by atoms with Gasteiger partial charge < -0.3 is 19.9 Å². The van der Waals surface area contributed by atoms with Crippen LogP contribution in [0.3, 0.4) is 0 Å². The first-order valence-corrected chi connectivity index (χ1v) is 9.87. The van der Waals surface area contributed by atoms with Crippen LogP contribution in [-0.2, 0) is 9.47 Å². The number of nitrogens with zero attached hydrogens (tertiary/aromatic N) is 3. The lowest BCUT2D eigenvalue weighted by Gasteiger charge is -2.40. The van der Waals surface area contributed by atoms with Crippen LogP contribution in [0.25, 0.3) is 0 Å². The van der Waals surface area contributed by atoms with Gasteiger partial charge in [-0.15, -0.1) is 11.3 Å². The molecule has 1 fully saturated rings. The van der Waals surface area contributed by atoms with Gasteiger partial charge in [0.2, 0.25) is 0 Å². The van der Waals surface area contributed by atoms with Crippen molar-refractivity contribution in [3.8, 4) is 6.07 Å². The molecule has 0 aliphatic carbocycles. The summed E-state index contributed by atoms with van der Waals surface area (Å²) >= 11 is 4.73. The molecule has 3 atom stereocenters. The summed E-state index contributed by atoms with van der Waals surface area (Å²) in [5, 5.41) is 24.7. The largest absolute Gasteiger partial charge is 0.444 e. The van der Waals surface area contributed by atoms with Crippen LogP contribution in [-0.4, -0.2) is 65.1 Å². The lowest BCUT2D eigenvalue weighted by Crippen LogP contribution is -2.55. The first-order valence-electron chi connectivity index (χ1n) is 8.19. The highest BCUT2D eigenvalue weighted by molar-refractivity contribution is 9.10. The fourth-order valence-electron chi connectivity index (χ4n) is 2.69. The van der Waals surface area contributed by atoms with Crippen LogP contribution in [0, 0.1) is 11.3 Å². The van der Waals surface area contributed by atoms with Crippen LogP contribution in [0.15, 0.2) is 9.98 Å². The highest BCUT2D eigenvalue weighted by atomic mass is 79.9. The standard InChI is InChI=1S/C16H23BrN4O4S/c1-16(2,3)25-15(23)19-11(7-22)13(14-20-12(17)9-26-14)21-4-5-24-8-10(21)6-18/h9-11,13,22H,4-5,7-8H2,1-3H3,(H,19,23)/t10-,11+,13-/m0/s1. The molecule has 1 amide bonds. The number of aliphatic hydroxyl groups excluding tert-OH is 1. The van der Waals surface area contributed by atoms with Gasteiger partial charge in [0.25, 0.3) is 0 Å². The van der Waals surface area contributed by atoms with Crippen LogP contribution in [0.5, 0.6) is 0 Å². The van der Waals surface area contributed by atoms with Crippen molar-refractivity contribution in [3.05, 3.63) is 15.0 Å². The second-order valence-corrected chi connectivity index (χ2v) is 8.55. The summed E-state index contributed by atoms with van der Waals surface area (Å²) < 4.78 is 11.4. The zero-order valence-corrected chi connectivity index (χ0v) is 17.3. The molecule has 10 heteroatoms. The molecular weight excluding hydrogens is 424 g/mol. The van der Waals surface area contributed by atoms with E-state index >= 15 is 0 Å². The van der Waals surface area contributed by atoms with Crippen LogP contribution in [0.2, 0.25) is 0 Å². The molecule has 26 heavy (non-hydrogen) atoms. The Labute approximate surface area is 165 Å². The number of hydrogen-bond acceptors (Lipinski definition) is 8. The molecule has 0 saturated carbocycles. The molecule has 8 nitrogen and oxygen atoms in total. The number of hydrogen-bond donors (Lipinski definition) is 2. The third-order valence-electron chi connectivity index (χ3n) is 3.70. The van der Waals surface area contributed by atoms with Crippen molar-refractivity contribution in [1.29, 1.82) is 5.26 Å². The third kappa shape index (κ3) is 5.62. The zero-order chi connectivity index (χ0) is 19.3. The molecule has 2 N–H and O–H groups in total. The summed E-state index contributed by atoms with van der Waals surface area (Å²) in [5.41, 5.74) is -0.655. The Hall–Kier alpha value is -1.25. The third-order valence-corrected chi connectivity index (χ3v) is 5.33. The number of thiazole rings is 1. The summed E-state index contributed by atoms with van der Waals surface area (Å²) in [5.74, 6) is 0. The number of aromatic nitrogens is 1. The van der Waals surface area contributed by atoms with E-state index in [9.17, 15) is 15.2 Å². The van der Waals surface area contributed by atoms with E-state index in [0.29, 0.717) is 22.8 Å². The van der Waals surface area contributed by atoms with E-state index in [-0.39, 0.29) is 13.2 Å². The fraction of sp³-hybridized carbons (Fsp3) is 0.688. The van der Waals surface area contributed by atoms with Crippen LogP contribution in [0.1, 0.15) is 31.8 Å². The van der Waals surface area contributed by atoms with E-state index in [2.05, 4.69) is 32.3 Å². The lowest BCUT2D eigenvalue weighted by molar-refractivity contribution is -0.0244. The second-order valence-electron chi connectivity index (χ2n) is 6.85. The number of carbonyl (C=O) groups excluding carboxylic acids is 1. The maximum atomic E-state index is 12.2. The maximum Gasteiger partial charge on any atom is 0.408 e. The van der Waals surface area contributed by atoms with Gasteiger partial charge in [0, 0.05) is 11.9 Å². The summed E-state index contributed by atoms with van der Waals surface area (Å²) in [4.78, 5) is 18.6. The van der Waals surface area contributed by atoms with Crippen molar-refractivity contribution in [2.75, 3.05) is 26.4 Å². The molecule has 1 aromatic heterocycles. The monoisotopic (exact) mass is 446 g/mol. The number of ether oxygens (including phenoxy) is 2. The normalized spacial score (nSPS) is 20.8. The minimum Gasteiger partial charge on any atom is -0.444 e. The molecule has 1 aliphatic heterocycles. The van der Waals surface area contributed by atoms with Crippen molar-refractivity contribution in [2.45, 2.75) is 44.5 Å². The minimum absolute atomic E-state index is 0.268.